The van der Waals surface area contributed by atoms with Crippen molar-refractivity contribution in [1.82, 2.24) is 3.97 Å². The van der Waals surface area contributed by atoms with Crippen LogP contribution in [0.2, 0.25) is 0 Å². The van der Waals surface area contributed by atoms with Gasteiger partial charge in [0, 0.05) is 5.39 Å². The summed E-state index contributed by atoms with van der Waals surface area (Å²) in [5.41, 5.74) is 4.12. The molecule has 4 rings (SSSR count). The van der Waals surface area contributed by atoms with Gasteiger partial charge >= 0.3 is 0 Å². The molecule has 0 bridgehead atoms. The Hall–Kier alpha value is -3.18. The Balaban J connectivity index is 1.92. The van der Waals surface area contributed by atoms with Crippen molar-refractivity contribution < 1.29 is 8.42 Å². The van der Waals surface area contributed by atoms with E-state index < -0.39 is 10.0 Å². The predicted octanol–water partition coefficient (Wildman–Crippen LogP) is 5.25. The van der Waals surface area contributed by atoms with E-state index >= 15 is 0 Å². The zero-order valence-corrected chi connectivity index (χ0v) is 16.5. The minimum Gasteiger partial charge on any atom is -0.254 e. The zero-order valence-electron chi connectivity index (χ0n) is 15.7. The number of benzene rings is 3. The molecule has 5 heteroatoms. The topological polar surface area (TPSA) is 51.4 Å². The third-order valence-electron chi connectivity index (χ3n) is 4.68. The average molecular weight is 388 g/mol. The summed E-state index contributed by atoms with van der Waals surface area (Å²) in [7, 11) is -3.75. The summed E-state index contributed by atoms with van der Waals surface area (Å²) in [4.78, 5) is 4.84. The molecular formula is C23H20N2O2S. The lowest BCUT2D eigenvalue weighted by Gasteiger charge is -2.10. The molecule has 0 saturated heterocycles. The van der Waals surface area contributed by atoms with Gasteiger partial charge in [-0.2, -0.15) is 0 Å². The van der Waals surface area contributed by atoms with Crippen LogP contribution >= 0.6 is 0 Å². The van der Waals surface area contributed by atoms with Gasteiger partial charge in [0.05, 0.1) is 28.0 Å². The summed E-state index contributed by atoms with van der Waals surface area (Å²) in [5, 5.41) is 0.851. The number of aliphatic imine (C=N–C) groups is 1. The first-order valence-corrected chi connectivity index (χ1v) is 10.4. The van der Waals surface area contributed by atoms with Crippen molar-refractivity contribution in [3.05, 3.63) is 95.7 Å². The minimum absolute atomic E-state index is 0.248. The van der Waals surface area contributed by atoms with Crippen molar-refractivity contribution in [3.63, 3.8) is 0 Å². The van der Waals surface area contributed by atoms with Crippen LogP contribution in [0.3, 0.4) is 0 Å². The second-order valence-electron chi connectivity index (χ2n) is 6.76. The highest BCUT2D eigenvalue weighted by atomic mass is 32.2. The first kappa shape index (κ1) is 18.2. The molecular weight excluding hydrogens is 368 g/mol. The van der Waals surface area contributed by atoms with Crippen LogP contribution in [0.25, 0.3) is 10.9 Å². The Labute approximate surface area is 164 Å². The minimum atomic E-state index is -3.75. The van der Waals surface area contributed by atoms with Crippen LogP contribution in [-0.2, 0) is 10.0 Å². The van der Waals surface area contributed by atoms with Crippen LogP contribution in [0.1, 0.15) is 16.8 Å². The van der Waals surface area contributed by atoms with Crippen molar-refractivity contribution in [2.24, 2.45) is 4.99 Å². The molecule has 28 heavy (non-hydrogen) atoms. The van der Waals surface area contributed by atoms with Gasteiger partial charge < -0.3 is 0 Å². The van der Waals surface area contributed by atoms with E-state index in [0.717, 1.165) is 22.2 Å². The lowest BCUT2D eigenvalue weighted by Crippen LogP contribution is -2.15. The Bertz CT molecular complexity index is 1290. The Kier molecular flexibility index (Phi) is 4.61. The Morgan fingerprint density at radius 1 is 0.857 bits per heavy atom. The molecule has 0 unspecified atom stereocenters. The van der Waals surface area contributed by atoms with E-state index in [1.807, 2.05) is 62.4 Å². The van der Waals surface area contributed by atoms with Crippen molar-refractivity contribution in [2.75, 3.05) is 0 Å². The van der Waals surface area contributed by atoms with E-state index in [1.165, 1.54) is 3.97 Å². The molecule has 0 aliphatic rings. The number of hydrogen-bond donors (Lipinski definition) is 0. The quantitative estimate of drug-likeness (QED) is 0.449. The van der Waals surface area contributed by atoms with Crippen molar-refractivity contribution in [3.8, 4) is 0 Å². The molecule has 3 aromatic carbocycles. The van der Waals surface area contributed by atoms with Crippen molar-refractivity contribution in [2.45, 2.75) is 18.7 Å². The number of rotatable bonds is 4. The molecule has 4 nitrogen and oxygen atoms in total. The molecule has 0 spiro atoms. The van der Waals surface area contributed by atoms with Crippen LogP contribution in [0.5, 0.6) is 0 Å². The smallest absolute Gasteiger partial charge is 0.254 e. The van der Waals surface area contributed by atoms with E-state index in [4.69, 9.17) is 0 Å². The fourth-order valence-corrected chi connectivity index (χ4v) is 4.72. The molecule has 0 aliphatic heterocycles. The second-order valence-corrected chi connectivity index (χ2v) is 8.55. The normalized spacial score (nSPS) is 12.1. The van der Waals surface area contributed by atoms with Crippen molar-refractivity contribution >= 4 is 32.8 Å². The van der Waals surface area contributed by atoms with Gasteiger partial charge in [-0.3, -0.25) is 4.99 Å². The number of para-hydroxylation sites is 1. The van der Waals surface area contributed by atoms with Gasteiger partial charge in [0.1, 0.15) is 0 Å². The molecule has 0 fully saturated rings. The van der Waals surface area contributed by atoms with E-state index in [-0.39, 0.29) is 4.90 Å². The highest BCUT2D eigenvalue weighted by molar-refractivity contribution is 7.90. The third kappa shape index (κ3) is 3.25. The molecule has 0 amide bonds. The maximum atomic E-state index is 13.4. The maximum absolute atomic E-state index is 13.4. The lowest BCUT2D eigenvalue weighted by molar-refractivity contribution is 0.589. The monoisotopic (exact) mass is 388 g/mol. The molecule has 0 saturated carbocycles. The number of nitrogens with zero attached hydrogens (tertiary/aromatic N) is 2. The summed E-state index contributed by atoms with van der Waals surface area (Å²) < 4.78 is 28.1. The zero-order chi connectivity index (χ0) is 19.7. The Morgan fingerprint density at radius 3 is 2.36 bits per heavy atom. The van der Waals surface area contributed by atoms with E-state index in [9.17, 15) is 8.42 Å². The van der Waals surface area contributed by atoms with Gasteiger partial charge in [0.2, 0.25) is 0 Å². The number of aryl methyl sites for hydroxylation is 2. The van der Waals surface area contributed by atoms with E-state index in [2.05, 4.69) is 4.99 Å². The van der Waals surface area contributed by atoms with Gasteiger partial charge in [0.25, 0.3) is 10.0 Å². The highest BCUT2D eigenvalue weighted by Crippen LogP contribution is 2.26. The molecule has 1 heterocycles. The van der Waals surface area contributed by atoms with E-state index in [0.29, 0.717) is 11.2 Å². The fraction of sp³-hybridized carbons (Fsp3) is 0.0870. The lowest BCUT2D eigenvalue weighted by atomic mass is 10.1. The predicted molar refractivity (Wildman–Crippen MR) is 114 cm³/mol. The second kappa shape index (κ2) is 7.09. The molecule has 0 radical (unpaired) electrons. The van der Waals surface area contributed by atoms with Gasteiger partial charge in [0.15, 0.2) is 0 Å². The van der Waals surface area contributed by atoms with Gasteiger partial charge in [-0.05, 0) is 55.3 Å². The summed E-state index contributed by atoms with van der Waals surface area (Å²) in [5.74, 6) is 0. The fourth-order valence-electron chi connectivity index (χ4n) is 3.20. The maximum Gasteiger partial charge on any atom is 0.268 e. The van der Waals surface area contributed by atoms with Gasteiger partial charge in [-0.15, -0.1) is 0 Å². The number of fused-ring (bicyclic) bond motifs is 1. The average Bonchev–Trinajstić information content (AvgIpc) is 3.08. The standard InChI is InChI=1S/C23H20N2O2S/c1-17-12-13-18(2)22(14-17)24-16-20-15-19-8-6-7-11-23(19)25(20)28(26,27)21-9-4-3-5-10-21/h3-16H,1-2H3. The van der Waals surface area contributed by atoms with Gasteiger partial charge in [-0.25, -0.2) is 12.4 Å². The molecule has 1 aromatic heterocycles. The molecule has 0 N–H and O–H groups in total. The largest absolute Gasteiger partial charge is 0.268 e. The first-order chi connectivity index (χ1) is 13.5. The molecule has 4 aromatic rings. The van der Waals surface area contributed by atoms with Crippen LogP contribution in [0.4, 0.5) is 5.69 Å². The van der Waals surface area contributed by atoms with Gasteiger partial charge in [-0.1, -0.05) is 48.5 Å². The van der Waals surface area contributed by atoms with Crippen molar-refractivity contribution in [1.29, 1.82) is 0 Å². The molecule has 0 aliphatic carbocycles. The van der Waals surface area contributed by atoms with Crippen LogP contribution in [0, 0.1) is 13.8 Å². The number of hydrogen-bond acceptors (Lipinski definition) is 3. The molecule has 0 atom stereocenters. The third-order valence-corrected chi connectivity index (χ3v) is 6.43. The molecule has 140 valence electrons. The SMILES string of the molecule is Cc1ccc(C)c(N=Cc2cc3ccccc3n2S(=O)(=O)c2ccccc2)c1. The summed E-state index contributed by atoms with van der Waals surface area (Å²) in [6.45, 7) is 4.00. The summed E-state index contributed by atoms with van der Waals surface area (Å²) in [6, 6.07) is 23.8. The van der Waals surface area contributed by atoms with Crippen LogP contribution < -0.4 is 0 Å². The Morgan fingerprint density at radius 2 is 1.57 bits per heavy atom. The highest BCUT2D eigenvalue weighted by Gasteiger charge is 2.22. The summed E-state index contributed by atoms with van der Waals surface area (Å²) in [6.07, 6.45) is 1.63. The van der Waals surface area contributed by atoms with Crippen LogP contribution in [0.15, 0.2) is 88.8 Å². The van der Waals surface area contributed by atoms with Crippen LogP contribution in [-0.4, -0.2) is 18.6 Å². The van der Waals surface area contributed by atoms with E-state index in [1.54, 1.807) is 36.5 Å². The first-order valence-electron chi connectivity index (χ1n) is 8.99. The summed E-state index contributed by atoms with van der Waals surface area (Å²) >= 11 is 0. The number of aromatic nitrogens is 1.